The van der Waals surface area contributed by atoms with Gasteiger partial charge in [-0.05, 0) is 39.0 Å². The molecule has 84 valence electrons. The fourth-order valence-electron chi connectivity index (χ4n) is 1.36. The van der Waals surface area contributed by atoms with Crippen LogP contribution in [0.1, 0.15) is 58.8 Å². The van der Waals surface area contributed by atoms with Crippen molar-refractivity contribution in [2.24, 2.45) is 0 Å². The van der Waals surface area contributed by atoms with Gasteiger partial charge in [0.05, 0.1) is 0 Å². The molecule has 0 radical (unpaired) electrons. The van der Waals surface area contributed by atoms with E-state index in [-0.39, 0.29) is 0 Å². The Morgan fingerprint density at radius 2 is 1.50 bits per heavy atom. The van der Waals surface area contributed by atoms with Crippen molar-refractivity contribution in [3.05, 3.63) is 12.2 Å². The van der Waals surface area contributed by atoms with Gasteiger partial charge in [0.2, 0.25) is 0 Å². The zero-order valence-electron chi connectivity index (χ0n) is 9.93. The Hall–Kier alpha value is -0.300. The molecule has 0 aromatic rings. The molecule has 1 heteroatoms. The van der Waals surface area contributed by atoms with Crippen molar-refractivity contribution in [2.45, 2.75) is 58.8 Å². The first-order chi connectivity index (χ1) is 6.91. The highest BCUT2D eigenvalue weighted by Crippen LogP contribution is 2.02. The van der Waals surface area contributed by atoms with Crippen LogP contribution < -0.4 is 0 Å². The van der Waals surface area contributed by atoms with E-state index in [1.165, 1.54) is 44.9 Å². The van der Waals surface area contributed by atoms with Crippen molar-refractivity contribution in [1.29, 1.82) is 0 Å². The Morgan fingerprint density at radius 3 is 2.07 bits per heavy atom. The number of rotatable bonds is 10. The lowest BCUT2D eigenvalue weighted by atomic mass is 10.2. The SMILES string of the molecule is CCCCC/C=C/CCCCOCC. The van der Waals surface area contributed by atoms with Gasteiger partial charge >= 0.3 is 0 Å². The van der Waals surface area contributed by atoms with Gasteiger partial charge in [0.1, 0.15) is 0 Å². The molecule has 0 saturated carbocycles. The van der Waals surface area contributed by atoms with E-state index in [0.717, 1.165) is 13.2 Å². The molecule has 0 bridgehead atoms. The second-order valence-electron chi connectivity index (χ2n) is 3.66. The summed E-state index contributed by atoms with van der Waals surface area (Å²) in [6, 6.07) is 0. The van der Waals surface area contributed by atoms with Gasteiger partial charge in [0.15, 0.2) is 0 Å². The van der Waals surface area contributed by atoms with Crippen molar-refractivity contribution in [2.75, 3.05) is 13.2 Å². The topological polar surface area (TPSA) is 9.23 Å². The van der Waals surface area contributed by atoms with Crippen LogP contribution in [-0.4, -0.2) is 13.2 Å². The van der Waals surface area contributed by atoms with Crippen molar-refractivity contribution in [3.63, 3.8) is 0 Å². The van der Waals surface area contributed by atoms with Gasteiger partial charge in [-0.15, -0.1) is 0 Å². The molecular weight excluding hydrogens is 172 g/mol. The third kappa shape index (κ3) is 11.7. The average molecular weight is 198 g/mol. The van der Waals surface area contributed by atoms with E-state index >= 15 is 0 Å². The number of hydrogen-bond acceptors (Lipinski definition) is 1. The monoisotopic (exact) mass is 198 g/mol. The highest BCUT2D eigenvalue weighted by Gasteiger charge is 1.86. The lowest BCUT2D eigenvalue weighted by Crippen LogP contribution is -1.92. The highest BCUT2D eigenvalue weighted by atomic mass is 16.5. The number of hydrogen-bond donors (Lipinski definition) is 0. The maximum atomic E-state index is 5.27. The average Bonchev–Trinajstić information content (AvgIpc) is 2.21. The fourth-order valence-corrected chi connectivity index (χ4v) is 1.36. The summed E-state index contributed by atoms with van der Waals surface area (Å²) in [7, 11) is 0. The summed E-state index contributed by atoms with van der Waals surface area (Å²) in [5, 5.41) is 0. The van der Waals surface area contributed by atoms with E-state index in [1.807, 2.05) is 6.92 Å². The summed E-state index contributed by atoms with van der Waals surface area (Å²) in [5.41, 5.74) is 0. The van der Waals surface area contributed by atoms with E-state index < -0.39 is 0 Å². The molecular formula is C13H26O. The van der Waals surface area contributed by atoms with Crippen molar-refractivity contribution < 1.29 is 4.74 Å². The zero-order valence-corrected chi connectivity index (χ0v) is 9.93. The minimum atomic E-state index is 0.854. The summed E-state index contributed by atoms with van der Waals surface area (Å²) in [4.78, 5) is 0. The van der Waals surface area contributed by atoms with E-state index in [2.05, 4.69) is 19.1 Å². The third-order valence-corrected chi connectivity index (χ3v) is 2.25. The molecule has 0 aliphatic rings. The van der Waals surface area contributed by atoms with Gasteiger partial charge in [0.25, 0.3) is 0 Å². The van der Waals surface area contributed by atoms with Gasteiger partial charge in [-0.3, -0.25) is 0 Å². The maximum Gasteiger partial charge on any atom is 0.0466 e. The number of allylic oxidation sites excluding steroid dienone is 2. The van der Waals surface area contributed by atoms with Crippen LogP contribution in [0.5, 0.6) is 0 Å². The van der Waals surface area contributed by atoms with Gasteiger partial charge in [-0.1, -0.05) is 31.9 Å². The Labute approximate surface area is 89.5 Å². The highest BCUT2D eigenvalue weighted by molar-refractivity contribution is 4.81. The number of ether oxygens (including phenoxy) is 1. The van der Waals surface area contributed by atoms with Crippen LogP contribution in [0.15, 0.2) is 12.2 Å². The van der Waals surface area contributed by atoms with E-state index in [9.17, 15) is 0 Å². The molecule has 0 unspecified atom stereocenters. The first-order valence-electron chi connectivity index (χ1n) is 6.14. The molecule has 0 aromatic heterocycles. The molecule has 0 aliphatic carbocycles. The van der Waals surface area contributed by atoms with Crippen LogP contribution in [0.2, 0.25) is 0 Å². The van der Waals surface area contributed by atoms with Crippen LogP contribution >= 0.6 is 0 Å². The van der Waals surface area contributed by atoms with Gasteiger partial charge < -0.3 is 4.74 Å². The quantitative estimate of drug-likeness (QED) is 0.375. The Kier molecular flexibility index (Phi) is 12.4. The lowest BCUT2D eigenvalue weighted by molar-refractivity contribution is 0.143. The van der Waals surface area contributed by atoms with Crippen LogP contribution in [-0.2, 0) is 4.74 Å². The normalized spacial score (nSPS) is 11.3. The van der Waals surface area contributed by atoms with Crippen LogP contribution in [0.4, 0.5) is 0 Å². The summed E-state index contributed by atoms with van der Waals surface area (Å²) in [6.45, 7) is 6.08. The molecule has 0 atom stereocenters. The van der Waals surface area contributed by atoms with Crippen molar-refractivity contribution >= 4 is 0 Å². The van der Waals surface area contributed by atoms with Crippen molar-refractivity contribution in [1.82, 2.24) is 0 Å². The van der Waals surface area contributed by atoms with E-state index in [4.69, 9.17) is 4.74 Å². The summed E-state index contributed by atoms with van der Waals surface area (Å²) in [6.07, 6.45) is 13.6. The summed E-state index contributed by atoms with van der Waals surface area (Å²) < 4.78 is 5.27. The fraction of sp³-hybridized carbons (Fsp3) is 0.846. The molecule has 0 amide bonds. The molecule has 0 spiro atoms. The van der Waals surface area contributed by atoms with Gasteiger partial charge in [-0.2, -0.15) is 0 Å². The van der Waals surface area contributed by atoms with E-state index in [1.54, 1.807) is 0 Å². The minimum absolute atomic E-state index is 0.854. The minimum Gasteiger partial charge on any atom is -0.382 e. The van der Waals surface area contributed by atoms with Crippen LogP contribution in [0.3, 0.4) is 0 Å². The Morgan fingerprint density at radius 1 is 0.857 bits per heavy atom. The predicted octanol–water partition coefficient (Wildman–Crippen LogP) is 4.33. The van der Waals surface area contributed by atoms with Gasteiger partial charge in [0, 0.05) is 13.2 Å². The molecule has 0 fully saturated rings. The molecule has 0 heterocycles. The van der Waals surface area contributed by atoms with Crippen LogP contribution in [0, 0.1) is 0 Å². The van der Waals surface area contributed by atoms with Crippen LogP contribution in [0.25, 0.3) is 0 Å². The predicted molar refractivity (Wildman–Crippen MR) is 63.6 cm³/mol. The molecule has 0 saturated heterocycles. The first kappa shape index (κ1) is 13.7. The van der Waals surface area contributed by atoms with Gasteiger partial charge in [-0.25, -0.2) is 0 Å². The largest absolute Gasteiger partial charge is 0.382 e. The Bertz CT molecular complexity index is 118. The second-order valence-corrected chi connectivity index (χ2v) is 3.66. The second kappa shape index (κ2) is 12.7. The summed E-state index contributed by atoms with van der Waals surface area (Å²) >= 11 is 0. The van der Waals surface area contributed by atoms with Crippen molar-refractivity contribution in [3.8, 4) is 0 Å². The number of unbranched alkanes of at least 4 members (excludes halogenated alkanes) is 5. The molecule has 0 rings (SSSR count). The Balaban J connectivity index is 2.96. The molecule has 0 aromatic carbocycles. The molecule has 0 N–H and O–H groups in total. The maximum absolute atomic E-state index is 5.27. The molecule has 0 aliphatic heterocycles. The molecule has 1 nitrogen and oxygen atoms in total. The third-order valence-electron chi connectivity index (χ3n) is 2.25. The zero-order chi connectivity index (χ0) is 10.5. The first-order valence-corrected chi connectivity index (χ1v) is 6.14. The standard InChI is InChI=1S/C13H26O/c1-3-5-6-7-8-9-10-11-12-13-14-4-2/h8-9H,3-7,10-13H2,1-2H3/b9-8+. The summed E-state index contributed by atoms with van der Waals surface area (Å²) in [5.74, 6) is 0. The lowest BCUT2D eigenvalue weighted by Gasteiger charge is -1.98. The molecule has 14 heavy (non-hydrogen) atoms. The smallest absolute Gasteiger partial charge is 0.0466 e. The van der Waals surface area contributed by atoms with E-state index in [0.29, 0.717) is 0 Å².